The molecule has 0 aromatic heterocycles. The molecule has 0 aromatic carbocycles. The van der Waals surface area contributed by atoms with Crippen LogP contribution in [-0.2, 0) is 7.17 Å². The average Bonchev–Trinajstić information content (AvgIpc) is 1.35. The predicted octanol–water partition coefficient (Wildman–Crippen LogP) is -1.36. The van der Waals surface area contributed by atoms with Gasteiger partial charge in [0.2, 0.25) is 0 Å². The molecular formula is H4BiO4P. The zero-order valence-corrected chi connectivity index (χ0v) is 8.12. The van der Waals surface area contributed by atoms with E-state index in [0.29, 0.717) is 0 Å². The van der Waals surface area contributed by atoms with Crippen molar-refractivity contribution in [1.82, 2.24) is 0 Å². The van der Waals surface area contributed by atoms with Gasteiger partial charge in [0.05, 0.1) is 0 Å². The summed E-state index contributed by atoms with van der Waals surface area (Å²) >= 11 is -0.0872. The number of hydrogen-bond donors (Lipinski definition) is 2. The summed E-state index contributed by atoms with van der Waals surface area (Å²) in [6, 6.07) is 0. The average molecular weight is 308 g/mol. The maximum atomic E-state index is 9.51. The van der Waals surface area contributed by atoms with Crippen LogP contribution in [0.2, 0.25) is 0 Å². The van der Waals surface area contributed by atoms with Crippen LogP contribution < -0.4 is 0 Å². The van der Waals surface area contributed by atoms with Crippen LogP contribution in [0.5, 0.6) is 0 Å². The van der Waals surface area contributed by atoms with Gasteiger partial charge in [0.15, 0.2) is 0 Å². The molecule has 0 aliphatic carbocycles. The molecule has 0 heterocycles. The van der Waals surface area contributed by atoms with E-state index in [-0.39, 0.29) is 25.2 Å². The third kappa shape index (κ3) is 4.99. The van der Waals surface area contributed by atoms with E-state index < -0.39 is 7.82 Å². The van der Waals surface area contributed by atoms with Crippen LogP contribution in [0.1, 0.15) is 0 Å². The van der Waals surface area contributed by atoms with Crippen molar-refractivity contribution in [3.8, 4) is 0 Å². The van der Waals surface area contributed by atoms with E-state index in [1.165, 1.54) is 0 Å². The SMILES string of the molecule is O=P(O)(O)[O][BiH2]. The molecule has 0 rings (SSSR count). The molecule has 0 fully saturated rings. The Morgan fingerprint density at radius 2 is 1.83 bits per heavy atom. The van der Waals surface area contributed by atoms with Crippen molar-refractivity contribution in [2.45, 2.75) is 0 Å². The van der Waals surface area contributed by atoms with E-state index in [9.17, 15) is 4.57 Å². The molecule has 0 radical (unpaired) electrons. The molecule has 0 aliphatic rings. The van der Waals surface area contributed by atoms with Crippen LogP contribution in [0.25, 0.3) is 0 Å². The molecule has 4 nitrogen and oxygen atoms in total. The van der Waals surface area contributed by atoms with E-state index in [1.54, 1.807) is 0 Å². The monoisotopic (exact) mass is 308 g/mol. The first-order chi connectivity index (χ1) is 2.56. The number of rotatable bonds is 1. The van der Waals surface area contributed by atoms with Gasteiger partial charge in [-0.15, -0.1) is 0 Å². The summed E-state index contributed by atoms with van der Waals surface area (Å²) in [5.74, 6) is 0. The van der Waals surface area contributed by atoms with Crippen molar-refractivity contribution in [3.05, 3.63) is 0 Å². The third-order valence-electron chi connectivity index (χ3n) is 0.137. The quantitative estimate of drug-likeness (QED) is 0.464. The molecule has 0 atom stereocenters. The molecule has 0 bridgehead atoms. The Morgan fingerprint density at radius 3 is 1.83 bits per heavy atom. The Morgan fingerprint density at radius 1 is 1.67 bits per heavy atom. The normalized spacial score (nSPS) is 11.8. The van der Waals surface area contributed by atoms with Crippen molar-refractivity contribution in [2.24, 2.45) is 0 Å². The summed E-state index contributed by atoms with van der Waals surface area (Å²) in [6.45, 7) is 0. The first kappa shape index (κ1) is 6.99. The first-order valence-electron chi connectivity index (χ1n) is 1.00. The Balaban J connectivity index is 3.48. The summed E-state index contributed by atoms with van der Waals surface area (Å²) in [4.78, 5) is 15.5. The Kier molecular flexibility index (Phi) is 2.73. The van der Waals surface area contributed by atoms with Crippen LogP contribution in [-0.4, -0.2) is 34.9 Å². The molecule has 0 unspecified atom stereocenters. The Bertz CT molecular complexity index is 71.6. The molecule has 6 heteroatoms. The molecule has 0 saturated heterocycles. The van der Waals surface area contributed by atoms with Crippen molar-refractivity contribution < 1.29 is 17.0 Å². The summed E-state index contributed by atoms with van der Waals surface area (Å²) in [5.41, 5.74) is 0. The van der Waals surface area contributed by atoms with Crippen molar-refractivity contribution in [1.29, 1.82) is 0 Å². The first-order valence-corrected chi connectivity index (χ1v) is 4.36. The summed E-state index contributed by atoms with van der Waals surface area (Å²) in [7, 11) is -4.07. The van der Waals surface area contributed by atoms with Gasteiger partial charge in [-0.2, -0.15) is 0 Å². The minimum atomic E-state index is -4.07. The van der Waals surface area contributed by atoms with Crippen LogP contribution in [0, 0.1) is 0 Å². The Labute approximate surface area is 50.2 Å². The van der Waals surface area contributed by atoms with Crippen molar-refractivity contribution >= 4 is 33.0 Å². The van der Waals surface area contributed by atoms with E-state index in [1.807, 2.05) is 0 Å². The number of hydrogen-bond acceptors (Lipinski definition) is 2. The van der Waals surface area contributed by atoms with Crippen molar-refractivity contribution in [3.63, 3.8) is 0 Å². The van der Waals surface area contributed by atoms with E-state index in [0.717, 1.165) is 0 Å². The van der Waals surface area contributed by atoms with Crippen molar-refractivity contribution in [2.75, 3.05) is 0 Å². The second-order valence-electron chi connectivity index (χ2n) is 0.596. The summed E-state index contributed by atoms with van der Waals surface area (Å²) in [6.07, 6.45) is 0. The fraction of sp³-hybridized carbons (Fsp3) is 0. The molecule has 6 heavy (non-hydrogen) atoms. The Hall–Kier alpha value is 0.993. The van der Waals surface area contributed by atoms with Gasteiger partial charge in [0.25, 0.3) is 0 Å². The fourth-order valence-electron chi connectivity index (χ4n) is 0. The number of phosphoric acid groups is 1. The van der Waals surface area contributed by atoms with Gasteiger partial charge in [-0.1, -0.05) is 0 Å². The molecule has 2 N–H and O–H groups in total. The standard InChI is InChI=1S/Bi.H3O4P.2H/c;1-5(2,3)4;;/h;(H3,1,2,3,4);;/q+1;;;/p-1. The maximum absolute atomic E-state index is 9.51. The zero-order chi connectivity index (χ0) is 5.21. The third-order valence-corrected chi connectivity index (χ3v) is 3.61. The molecule has 0 saturated carbocycles. The van der Waals surface area contributed by atoms with E-state index in [2.05, 4.69) is 2.60 Å². The molecule has 0 amide bonds. The van der Waals surface area contributed by atoms with Crippen LogP contribution in [0.15, 0.2) is 0 Å². The molecule has 0 aromatic rings. The van der Waals surface area contributed by atoms with Gasteiger partial charge in [-0.25, -0.2) is 0 Å². The van der Waals surface area contributed by atoms with Gasteiger partial charge in [-0.05, 0) is 0 Å². The van der Waals surface area contributed by atoms with Gasteiger partial charge in [0.1, 0.15) is 0 Å². The second kappa shape index (κ2) is 2.34. The van der Waals surface area contributed by atoms with Gasteiger partial charge in [-0.3, -0.25) is 0 Å². The topological polar surface area (TPSA) is 66.8 Å². The van der Waals surface area contributed by atoms with Gasteiger partial charge < -0.3 is 0 Å². The predicted molar refractivity (Wildman–Crippen MR) is 21.7 cm³/mol. The molecule has 0 spiro atoms. The zero-order valence-electron chi connectivity index (χ0n) is 2.74. The molecular weight excluding hydrogens is 304 g/mol. The van der Waals surface area contributed by atoms with Gasteiger partial charge >= 0.3 is 49.9 Å². The summed E-state index contributed by atoms with van der Waals surface area (Å²) in [5, 5.41) is 0. The second-order valence-corrected chi connectivity index (χ2v) is 4.25. The summed E-state index contributed by atoms with van der Waals surface area (Å²) < 4.78 is 13.3. The fourth-order valence-corrected chi connectivity index (χ4v) is 0. The van der Waals surface area contributed by atoms with Crippen LogP contribution >= 0.6 is 7.82 Å². The van der Waals surface area contributed by atoms with Crippen LogP contribution in [0.3, 0.4) is 0 Å². The molecule has 38 valence electrons. The van der Waals surface area contributed by atoms with E-state index >= 15 is 0 Å². The minimum absolute atomic E-state index is 0.0872. The van der Waals surface area contributed by atoms with Crippen LogP contribution in [0.4, 0.5) is 0 Å². The van der Waals surface area contributed by atoms with E-state index in [4.69, 9.17) is 9.79 Å². The molecule has 0 aliphatic heterocycles. The van der Waals surface area contributed by atoms with Gasteiger partial charge in [0, 0.05) is 0 Å².